The van der Waals surface area contributed by atoms with Crippen molar-refractivity contribution in [2.24, 2.45) is 0 Å². The van der Waals surface area contributed by atoms with Gasteiger partial charge in [-0.15, -0.1) is 0 Å². The zero-order chi connectivity index (χ0) is 47.8. The summed E-state index contributed by atoms with van der Waals surface area (Å²) in [5.74, 6) is -0.212. The number of aliphatic hydroxyl groups is 1. The maximum Gasteiger partial charge on any atom is 0.268 e. The molecule has 0 fully saturated rings. The largest absolute Gasteiger partial charge is 0.756 e. The van der Waals surface area contributed by atoms with Crippen LogP contribution in [0.4, 0.5) is 0 Å². The Morgan fingerprint density at radius 2 is 0.954 bits per heavy atom. The van der Waals surface area contributed by atoms with E-state index < -0.39 is 26.6 Å². The Kier molecular flexibility index (Phi) is 46.0. The van der Waals surface area contributed by atoms with Crippen LogP contribution in [-0.4, -0.2) is 68.5 Å². The molecule has 0 radical (unpaired) electrons. The second kappa shape index (κ2) is 47.3. The molecular weight excluding hydrogens is 828 g/mol. The lowest BCUT2D eigenvalue weighted by molar-refractivity contribution is -0.870. The van der Waals surface area contributed by atoms with Crippen molar-refractivity contribution in [2.75, 3.05) is 40.9 Å². The first-order chi connectivity index (χ1) is 31.5. The molecule has 0 rings (SSSR count). The van der Waals surface area contributed by atoms with Crippen LogP contribution >= 0.6 is 7.82 Å². The fraction of sp³-hybridized carbons (Fsp3) is 0.804. The predicted molar refractivity (Wildman–Crippen MR) is 279 cm³/mol. The summed E-state index contributed by atoms with van der Waals surface area (Å²) in [6.07, 6.45) is 62.9. The highest BCUT2D eigenvalue weighted by Crippen LogP contribution is 2.38. The summed E-state index contributed by atoms with van der Waals surface area (Å²) >= 11 is 0. The minimum atomic E-state index is -4.61. The molecule has 0 aliphatic heterocycles. The number of aliphatic hydroxyl groups excluding tert-OH is 1. The van der Waals surface area contributed by atoms with Gasteiger partial charge in [-0.3, -0.25) is 9.36 Å². The molecule has 9 heteroatoms. The van der Waals surface area contributed by atoms with Crippen molar-refractivity contribution >= 4 is 13.7 Å². The molecule has 0 aromatic rings. The van der Waals surface area contributed by atoms with E-state index in [0.29, 0.717) is 17.4 Å². The van der Waals surface area contributed by atoms with Crippen LogP contribution in [0.25, 0.3) is 0 Å². The summed E-state index contributed by atoms with van der Waals surface area (Å²) in [6.45, 7) is 4.53. The number of amides is 1. The molecule has 0 aliphatic carbocycles. The van der Waals surface area contributed by atoms with Gasteiger partial charge in [0, 0.05) is 6.42 Å². The fourth-order valence-corrected chi connectivity index (χ4v) is 8.42. The molecule has 0 saturated carbocycles. The van der Waals surface area contributed by atoms with Crippen molar-refractivity contribution in [1.82, 2.24) is 5.32 Å². The Bertz CT molecular complexity index is 1240. The predicted octanol–water partition coefficient (Wildman–Crippen LogP) is 15.5. The summed E-state index contributed by atoms with van der Waals surface area (Å²) in [4.78, 5) is 25.4. The maximum atomic E-state index is 12.9. The highest BCUT2D eigenvalue weighted by atomic mass is 31.2. The lowest BCUT2D eigenvalue weighted by Crippen LogP contribution is -2.45. The summed E-state index contributed by atoms with van der Waals surface area (Å²) in [6, 6.07) is -0.911. The molecule has 2 N–H and O–H groups in total. The van der Waals surface area contributed by atoms with Crippen LogP contribution < -0.4 is 10.2 Å². The van der Waals surface area contributed by atoms with Gasteiger partial charge < -0.3 is 28.8 Å². The minimum absolute atomic E-state index is 0.0102. The Balaban J connectivity index is 4.33. The van der Waals surface area contributed by atoms with Crippen LogP contribution in [0.3, 0.4) is 0 Å². The van der Waals surface area contributed by atoms with Gasteiger partial charge in [-0.05, 0) is 70.6 Å². The van der Waals surface area contributed by atoms with Crippen molar-refractivity contribution < 1.29 is 32.9 Å². The Morgan fingerprint density at radius 3 is 1.42 bits per heavy atom. The number of rotatable bonds is 49. The van der Waals surface area contributed by atoms with Gasteiger partial charge >= 0.3 is 0 Å². The molecule has 8 nitrogen and oxygen atoms in total. The lowest BCUT2D eigenvalue weighted by Gasteiger charge is -2.29. The molecule has 65 heavy (non-hydrogen) atoms. The first-order valence-electron chi connectivity index (χ1n) is 27.2. The van der Waals surface area contributed by atoms with E-state index >= 15 is 0 Å². The number of nitrogens with one attached hydrogen (secondary N) is 1. The third-order valence-corrected chi connectivity index (χ3v) is 12.9. The van der Waals surface area contributed by atoms with Crippen molar-refractivity contribution in [3.63, 3.8) is 0 Å². The molecule has 0 aliphatic rings. The second-order valence-corrected chi connectivity index (χ2v) is 20.9. The van der Waals surface area contributed by atoms with Gasteiger partial charge in [-0.2, -0.15) is 0 Å². The van der Waals surface area contributed by atoms with Crippen LogP contribution in [0.15, 0.2) is 60.8 Å². The highest BCUT2D eigenvalue weighted by molar-refractivity contribution is 7.45. The Labute approximate surface area is 402 Å². The number of carbonyl (C=O) groups is 1. The third-order valence-electron chi connectivity index (χ3n) is 11.9. The molecular formula is C56H105N2O6P. The first kappa shape index (κ1) is 63.2. The normalized spacial score (nSPS) is 14.5. The zero-order valence-electron chi connectivity index (χ0n) is 43.2. The fourth-order valence-electron chi connectivity index (χ4n) is 7.69. The SMILES string of the molecule is CC/C=C\C/C=C\CCCCCCCCCCCCCCCCC(=O)NC(COP(=O)([O-])OCC[N+](C)(C)C)C(O)/C=C/CC/C=C/CC/C=C/CCCCCCCCCCCCCC. The minimum Gasteiger partial charge on any atom is -0.756 e. The van der Waals surface area contributed by atoms with Crippen LogP contribution in [-0.2, 0) is 18.4 Å². The number of phosphoric ester groups is 1. The molecule has 1 amide bonds. The maximum absolute atomic E-state index is 12.9. The standard InChI is InChI=1S/C56H105N2O6P/c1-6-8-10-12-14-16-18-20-22-24-26-28-30-31-33-35-37-39-41-43-45-47-49-55(59)54(53-64-65(61,62)63-52-51-58(3,4)5)57-56(60)50-48-46-44-42-40-38-36-34-32-29-27-25-23-21-19-17-15-13-11-9-7-2/h9,11,15,17,31,33,39,41,47,49,54-55,59H,6-8,10,12-14,16,18-30,32,34-38,40,42-46,48,50-53H2,1-5H3,(H-,57,60,61,62)/b11-9-,17-15-,33-31+,41-39+,49-47+. The number of allylic oxidation sites excluding steroid dienone is 9. The van der Waals surface area contributed by atoms with Crippen molar-refractivity contribution in [3.05, 3.63) is 60.8 Å². The van der Waals surface area contributed by atoms with Crippen LogP contribution in [0, 0.1) is 0 Å². The van der Waals surface area contributed by atoms with Gasteiger partial charge in [-0.25, -0.2) is 0 Å². The molecule has 3 atom stereocenters. The summed E-state index contributed by atoms with van der Waals surface area (Å²) in [5, 5.41) is 13.8. The quantitative estimate of drug-likeness (QED) is 0.0272. The van der Waals surface area contributed by atoms with E-state index in [1.54, 1.807) is 6.08 Å². The molecule has 3 unspecified atom stereocenters. The van der Waals surface area contributed by atoms with E-state index in [9.17, 15) is 19.4 Å². The van der Waals surface area contributed by atoms with E-state index in [4.69, 9.17) is 9.05 Å². The van der Waals surface area contributed by atoms with Gasteiger partial charge in [0.15, 0.2) is 0 Å². The van der Waals surface area contributed by atoms with Gasteiger partial charge in [0.05, 0.1) is 39.9 Å². The smallest absolute Gasteiger partial charge is 0.268 e. The number of hydrogen-bond acceptors (Lipinski definition) is 6. The average molecular weight is 933 g/mol. The Hall–Kier alpha value is -1.80. The summed E-state index contributed by atoms with van der Waals surface area (Å²) < 4.78 is 23.3. The molecule has 0 saturated heterocycles. The van der Waals surface area contributed by atoms with E-state index in [-0.39, 0.29) is 12.5 Å². The average Bonchev–Trinajstić information content (AvgIpc) is 3.26. The first-order valence-corrected chi connectivity index (χ1v) is 28.6. The second-order valence-electron chi connectivity index (χ2n) is 19.5. The molecule has 0 aromatic carbocycles. The van der Waals surface area contributed by atoms with Crippen molar-refractivity contribution in [3.8, 4) is 0 Å². The summed E-state index contributed by atoms with van der Waals surface area (Å²) in [5.41, 5.74) is 0. The highest BCUT2D eigenvalue weighted by Gasteiger charge is 2.23. The molecule has 380 valence electrons. The van der Waals surface area contributed by atoms with Crippen LogP contribution in [0.1, 0.15) is 239 Å². The van der Waals surface area contributed by atoms with Gasteiger partial charge in [0.1, 0.15) is 13.2 Å². The third kappa shape index (κ3) is 49.9. The van der Waals surface area contributed by atoms with E-state index in [0.717, 1.165) is 57.8 Å². The van der Waals surface area contributed by atoms with Crippen molar-refractivity contribution in [1.29, 1.82) is 0 Å². The summed E-state index contributed by atoms with van der Waals surface area (Å²) in [7, 11) is 1.23. The van der Waals surface area contributed by atoms with E-state index in [2.05, 4.69) is 67.8 Å². The number of quaternary nitrogens is 1. The number of likely N-dealkylation sites (N-methyl/N-ethyl adjacent to an activating group) is 1. The van der Waals surface area contributed by atoms with Crippen LogP contribution in [0.2, 0.25) is 0 Å². The monoisotopic (exact) mass is 933 g/mol. The molecule has 0 spiro atoms. The number of carbonyl (C=O) groups excluding carboxylic acids is 1. The number of phosphoric acid groups is 1. The van der Waals surface area contributed by atoms with Crippen LogP contribution in [0.5, 0.6) is 0 Å². The van der Waals surface area contributed by atoms with Gasteiger partial charge in [-0.1, -0.05) is 222 Å². The molecule has 0 heterocycles. The van der Waals surface area contributed by atoms with E-state index in [1.165, 1.54) is 161 Å². The number of unbranched alkanes of at least 4 members (excludes halogenated alkanes) is 28. The van der Waals surface area contributed by atoms with Crippen molar-refractivity contribution in [2.45, 2.75) is 251 Å². The number of nitrogens with zero attached hydrogens (tertiary/aromatic N) is 1. The topological polar surface area (TPSA) is 108 Å². The molecule has 0 bridgehead atoms. The van der Waals surface area contributed by atoms with Gasteiger partial charge in [0.25, 0.3) is 7.82 Å². The number of hydrogen-bond donors (Lipinski definition) is 2. The lowest BCUT2D eigenvalue weighted by atomic mass is 10.0. The molecule has 0 aromatic heterocycles. The zero-order valence-corrected chi connectivity index (χ0v) is 44.1. The van der Waals surface area contributed by atoms with E-state index in [1.807, 2.05) is 27.2 Å². The van der Waals surface area contributed by atoms with Gasteiger partial charge in [0.2, 0.25) is 5.91 Å². The Morgan fingerprint density at radius 1 is 0.554 bits per heavy atom.